The SMILES string of the molecule is O=[N+]([O-])C1CNCCN1Nc1ccccc1. The zero-order valence-corrected chi connectivity index (χ0v) is 8.80. The lowest BCUT2D eigenvalue weighted by Crippen LogP contribution is -2.56. The maximum atomic E-state index is 10.8. The number of nitro groups is 1. The third-order valence-corrected chi connectivity index (χ3v) is 2.51. The molecule has 1 aromatic rings. The standard InChI is InChI=1S/C10H14N4O2/c15-14(16)10-8-11-6-7-13(10)12-9-4-2-1-3-5-9/h1-5,10-12H,6-8H2. The molecule has 0 aromatic heterocycles. The minimum atomic E-state index is -0.714. The maximum absolute atomic E-state index is 10.8. The van der Waals surface area contributed by atoms with E-state index in [1.165, 1.54) is 0 Å². The van der Waals surface area contributed by atoms with E-state index in [2.05, 4.69) is 10.7 Å². The fourth-order valence-corrected chi connectivity index (χ4v) is 1.69. The van der Waals surface area contributed by atoms with Crippen molar-refractivity contribution in [2.24, 2.45) is 0 Å². The molecule has 0 spiro atoms. The first-order chi connectivity index (χ1) is 7.77. The molecule has 1 aliphatic rings. The number of nitrogens with one attached hydrogen (secondary N) is 2. The van der Waals surface area contributed by atoms with Crippen molar-refractivity contribution in [2.45, 2.75) is 6.17 Å². The van der Waals surface area contributed by atoms with Gasteiger partial charge in [0, 0.05) is 23.7 Å². The van der Waals surface area contributed by atoms with Gasteiger partial charge in [-0.15, -0.1) is 0 Å². The van der Waals surface area contributed by atoms with E-state index in [9.17, 15) is 10.1 Å². The van der Waals surface area contributed by atoms with E-state index in [1.807, 2.05) is 30.3 Å². The van der Waals surface area contributed by atoms with Crippen LogP contribution in [0, 0.1) is 10.1 Å². The van der Waals surface area contributed by atoms with Crippen LogP contribution in [0.2, 0.25) is 0 Å². The summed E-state index contributed by atoms with van der Waals surface area (Å²) >= 11 is 0. The average molecular weight is 222 g/mol. The van der Waals surface area contributed by atoms with E-state index >= 15 is 0 Å². The molecule has 1 saturated heterocycles. The third kappa shape index (κ3) is 2.47. The van der Waals surface area contributed by atoms with Crippen LogP contribution in [0.3, 0.4) is 0 Å². The molecule has 6 nitrogen and oxygen atoms in total. The molecular formula is C10H14N4O2. The Bertz CT molecular complexity index is 357. The van der Waals surface area contributed by atoms with Crippen molar-refractivity contribution in [3.63, 3.8) is 0 Å². The summed E-state index contributed by atoms with van der Waals surface area (Å²) < 4.78 is 0. The van der Waals surface area contributed by atoms with Crippen LogP contribution < -0.4 is 10.7 Å². The first-order valence-corrected chi connectivity index (χ1v) is 5.20. The first kappa shape index (κ1) is 10.8. The van der Waals surface area contributed by atoms with Crippen molar-refractivity contribution >= 4 is 5.69 Å². The fourth-order valence-electron chi connectivity index (χ4n) is 1.69. The van der Waals surface area contributed by atoms with Gasteiger partial charge in [-0.25, -0.2) is 0 Å². The number of rotatable bonds is 3. The van der Waals surface area contributed by atoms with Gasteiger partial charge in [0.25, 0.3) is 6.17 Å². The van der Waals surface area contributed by atoms with E-state index in [-0.39, 0.29) is 4.92 Å². The van der Waals surface area contributed by atoms with E-state index in [4.69, 9.17) is 0 Å². The molecule has 1 heterocycles. The number of hydrogen-bond donors (Lipinski definition) is 2. The smallest absolute Gasteiger partial charge is 0.296 e. The van der Waals surface area contributed by atoms with Crippen LogP contribution >= 0.6 is 0 Å². The number of piperazine rings is 1. The Morgan fingerprint density at radius 3 is 2.88 bits per heavy atom. The summed E-state index contributed by atoms with van der Waals surface area (Å²) in [6.07, 6.45) is -0.714. The highest BCUT2D eigenvalue weighted by Gasteiger charge is 2.31. The molecule has 1 atom stereocenters. The van der Waals surface area contributed by atoms with Crippen LogP contribution in [0.4, 0.5) is 5.69 Å². The van der Waals surface area contributed by atoms with Crippen molar-refractivity contribution in [1.82, 2.24) is 10.3 Å². The second-order valence-corrected chi connectivity index (χ2v) is 3.64. The number of hydrogen-bond acceptors (Lipinski definition) is 5. The van der Waals surface area contributed by atoms with Gasteiger partial charge in [0.05, 0.1) is 6.54 Å². The highest BCUT2D eigenvalue weighted by Crippen LogP contribution is 2.10. The van der Waals surface area contributed by atoms with Gasteiger partial charge in [-0.05, 0) is 12.1 Å². The fraction of sp³-hybridized carbons (Fsp3) is 0.400. The number of para-hydroxylation sites is 1. The Balaban J connectivity index is 2.04. The summed E-state index contributed by atoms with van der Waals surface area (Å²) in [5.74, 6) is 0. The molecule has 0 bridgehead atoms. The molecule has 16 heavy (non-hydrogen) atoms. The van der Waals surface area contributed by atoms with E-state index < -0.39 is 6.17 Å². The summed E-state index contributed by atoms with van der Waals surface area (Å²) in [6, 6.07) is 9.48. The molecular weight excluding hydrogens is 208 g/mol. The minimum absolute atomic E-state index is 0.276. The molecule has 0 amide bonds. The third-order valence-electron chi connectivity index (χ3n) is 2.51. The van der Waals surface area contributed by atoms with Crippen molar-refractivity contribution in [3.05, 3.63) is 40.4 Å². The van der Waals surface area contributed by atoms with Gasteiger partial charge in [0.15, 0.2) is 0 Å². The topological polar surface area (TPSA) is 70.4 Å². The highest BCUT2D eigenvalue weighted by molar-refractivity contribution is 5.41. The zero-order valence-electron chi connectivity index (χ0n) is 8.80. The van der Waals surface area contributed by atoms with Gasteiger partial charge >= 0.3 is 0 Å². The maximum Gasteiger partial charge on any atom is 0.296 e. The Kier molecular flexibility index (Phi) is 3.33. The largest absolute Gasteiger partial charge is 0.313 e. The lowest BCUT2D eigenvalue weighted by atomic mass is 10.3. The molecule has 1 aliphatic heterocycles. The van der Waals surface area contributed by atoms with Gasteiger partial charge in [-0.3, -0.25) is 10.1 Å². The Hall–Kier alpha value is -1.66. The Morgan fingerprint density at radius 2 is 2.19 bits per heavy atom. The second kappa shape index (κ2) is 4.91. The first-order valence-electron chi connectivity index (χ1n) is 5.20. The van der Waals surface area contributed by atoms with Gasteiger partial charge in [0.1, 0.15) is 0 Å². The van der Waals surface area contributed by atoms with Crippen molar-refractivity contribution < 1.29 is 4.92 Å². The van der Waals surface area contributed by atoms with Crippen molar-refractivity contribution in [1.29, 1.82) is 0 Å². The molecule has 1 aromatic carbocycles. The zero-order chi connectivity index (χ0) is 11.4. The normalized spacial score (nSPS) is 21.6. The highest BCUT2D eigenvalue weighted by atomic mass is 16.6. The van der Waals surface area contributed by atoms with Crippen LogP contribution in [-0.2, 0) is 0 Å². The van der Waals surface area contributed by atoms with Crippen molar-refractivity contribution in [3.8, 4) is 0 Å². The Labute approximate surface area is 93.4 Å². The molecule has 0 saturated carbocycles. The van der Waals surface area contributed by atoms with Gasteiger partial charge in [0.2, 0.25) is 0 Å². The molecule has 2 rings (SSSR count). The van der Waals surface area contributed by atoms with Gasteiger partial charge in [-0.2, -0.15) is 5.01 Å². The summed E-state index contributed by atoms with van der Waals surface area (Å²) in [7, 11) is 0. The Morgan fingerprint density at radius 1 is 1.44 bits per heavy atom. The van der Waals surface area contributed by atoms with Gasteiger partial charge in [-0.1, -0.05) is 18.2 Å². The summed E-state index contributed by atoms with van der Waals surface area (Å²) in [5, 5.41) is 15.5. The summed E-state index contributed by atoms with van der Waals surface area (Å²) in [4.78, 5) is 10.6. The predicted molar refractivity (Wildman–Crippen MR) is 60.4 cm³/mol. The van der Waals surface area contributed by atoms with E-state index in [0.717, 1.165) is 12.2 Å². The molecule has 86 valence electrons. The quantitative estimate of drug-likeness (QED) is 0.576. The van der Waals surface area contributed by atoms with Crippen LogP contribution in [0.15, 0.2) is 30.3 Å². The summed E-state index contributed by atoms with van der Waals surface area (Å²) in [5.41, 5.74) is 3.94. The van der Waals surface area contributed by atoms with Crippen molar-refractivity contribution in [2.75, 3.05) is 25.1 Å². The second-order valence-electron chi connectivity index (χ2n) is 3.64. The minimum Gasteiger partial charge on any atom is -0.313 e. The van der Waals surface area contributed by atoms with Crippen LogP contribution in [0.1, 0.15) is 0 Å². The molecule has 0 aliphatic carbocycles. The van der Waals surface area contributed by atoms with Crippen LogP contribution in [0.5, 0.6) is 0 Å². The number of benzene rings is 1. The molecule has 1 unspecified atom stereocenters. The lowest BCUT2D eigenvalue weighted by molar-refractivity contribution is -0.548. The lowest BCUT2D eigenvalue weighted by Gasteiger charge is -2.30. The van der Waals surface area contributed by atoms with Crippen LogP contribution in [0.25, 0.3) is 0 Å². The van der Waals surface area contributed by atoms with E-state index in [1.54, 1.807) is 5.01 Å². The van der Waals surface area contributed by atoms with Crippen LogP contribution in [-0.4, -0.2) is 35.7 Å². The number of nitrogens with zero attached hydrogens (tertiary/aromatic N) is 2. The monoisotopic (exact) mass is 222 g/mol. The average Bonchev–Trinajstić information content (AvgIpc) is 2.31. The summed E-state index contributed by atoms with van der Waals surface area (Å²) in [6.45, 7) is 1.73. The predicted octanol–water partition coefficient (Wildman–Crippen LogP) is 0.521. The molecule has 1 fully saturated rings. The molecule has 0 radical (unpaired) electrons. The molecule has 2 N–H and O–H groups in total. The number of hydrazine groups is 1. The van der Waals surface area contributed by atoms with Gasteiger partial charge < -0.3 is 10.7 Å². The number of anilines is 1. The van der Waals surface area contributed by atoms with E-state index in [0.29, 0.717) is 13.1 Å². The molecule has 6 heteroatoms.